The van der Waals surface area contributed by atoms with Crippen molar-refractivity contribution >= 4 is 0 Å². The smallest absolute Gasteiger partial charge is 0.0320 e. The zero-order valence-electron chi connectivity index (χ0n) is 12.3. The van der Waals surface area contributed by atoms with E-state index in [2.05, 4.69) is 54.1 Å². The molecule has 3 rings (SSSR count). The first-order chi connectivity index (χ1) is 9.75. The molecule has 2 nitrogen and oxygen atoms in total. The maximum Gasteiger partial charge on any atom is 0.0320 e. The number of pyridine rings is 1. The van der Waals surface area contributed by atoms with Crippen molar-refractivity contribution in [3.05, 3.63) is 53.9 Å². The molecular formula is C18H22N2. The van der Waals surface area contributed by atoms with Gasteiger partial charge in [-0.2, -0.15) is 0 Å². The van der Waals surface area contributed by atoms with Crippen molar-refractivity contribution < 1.29 is 0 Å². The monoisotopic (exact) mass is 266 g/mol. The van der Waals surface area contributed by atoms with Gasteiger partial charge in [0.2, 0.25) is 0 Å². The molecule has 0 saturated carbocycles. The SMILES string of the molecule is Cc1cnccc1-c1cccc([C@H](C)N2CCCC2)c1. The minimum absolute atomic E-state index is 0.514. The van der Waals surface area contributed by atoms with Crippen LogP contribution in [0.4, 0.5) is 0 Å². The molecule has 20 heavy (non-hydrogen) atoms. The van der Waals surface area contributed by atoms with Gasteiger partial charge in [0, 0.05) is 18.4 Å². The third kappa shape index (κ3) is 2.61. The van der Waals surface area contributed by atoms with Gasteiger partial charge in [0.05, 0.1) is 0 Å². The van der Waals surface area contributed by atoms with Crippen LogP contribution in [0.2, 0.25) is 0 Å². The van der Waals surface area contributed by atoms with Gasteiger partial charge in [0.15, 0.2) is 0 Å². The molecule has 1 saturated heterocycles. The molecule has 2 aromatic rings. The molecule has 104 valence electrons. The van der Waals surface area contributed by atoms with Crippen LogP contribution < -0.4 is 0 Å². The van der Waals surface area contributed by atoms with Crippen LogP contribution in [0.15, 0.2) is 42.7 Å². The lowest BCUT2D eigenvalue weighted by molar-refractivity contribution is 0.263. The molecule has 0 amide bonds. The Kier molecular flexibility index (Phi) is 3.83. The van der Waals surface area contributed by atoms with Crippen molar-refractivity contribution in [2.45, 2.75) is 32.7 Å². The van der Waals surface area contributed by atoms with E-state index in [0.717, 1.165) is 0 Å². The average Bonchev–Trinajstić information content (AvgIpc) is 3.01. The van der Waals surface area contributed by atoms with Crippen molar-refractivity contribution in [2.24, 2.45) is 0 Å². The zero-order valence-corrected chi connectivity index (χ0v) is 12.3. The van der Waals surface area contributed by atoms with E-state index in [9.17, 15) is 0 Å². The second-order valence-electron chi connectivity index (χ2n) is 5.74. The van der Waals surface area contributed by atoms with E-state index in [4.69, 9.17) is 0 Å². The number of aromatic nitrogens is 1. The van der Waals surface area contributed by atoms with Gasteiger partial charge in [-0.1, -0.05) is 18.2 Å². The standard InChI is InChI=1S/C18H22N2/c1-14-13-19-9-8-18(14)17-7-5-6-16(12-17)15(2)20-10-3-4-11-20/h5-9,12-13,15H,3-4,10-11H2,1-2H3/t15-/m0/s1. The Morgan fingerprint density at radius 2 is 1.95 bits per heavy atom. The van der Waals surface area contributed by atoms with Gasteiger partial charge in [0.1, 0.15) is 0 Å². The fourth-order valence-electron chi connectivity index (χ4n) is 3.10. The van der Waals surface area contributed by atoms with E-state index < -0.39 is 0 Å². The van der Waals surface area contributed by atoms with Crippen molar-refractivity contribution in [3.63, 3.8) is 0 Å². The number of nitrogens with zero attached hydrogens (tertiary/aromatic N) is 2. The van der Waals surface area contributed by atoms with E-state index in [1.165, 1.54) is 48.2 Å². The number of benzene rings is 1. The lowest BCUT2D eigenvalue weighted by Crippen LogP contribution is -2.23. The van der Waals surface area contributed by atoms with Crippen molar-refractivity contribution in [2.75, 3.05) is 13.1 Å². The molecule has 1 fully saturated rings. The molecule has 0 radical (unpaired) electrons. The summed E-state index contributed by atoms with van der Waals surface area (Å²) in [6.07, 6.45) is 6.49. The van der Waals surface area contributed by atoms with Crippen LogP contribution in [0.5, 0.6) is 0 Å². The fraction of sp³-hybridized carbons (Fsp3) is 0.389. The molecule has 0 aliphatic carbocycles. The van der Waals surface area contributed by atoms with Gasteiger partial charge < -0.3 is 0 Å². The van der Waals surface area contributed by atoms with Crippen LogP contribution in [-0.2, 0) is 0 Å². The van der Waals surface area contributed by atoms with Crippen LogP contribution in [0, 0.1) is 6.92 Å². The minimum atomic E-state index is 0.514. The minimum Gasteiger partial charge on any atom is -0.297 e. The topological polar surface area (TPSA) is 16.1 Å². The first-order valence-electron chi connectivity index (χ1n) is 7.51. The van der Waals surface area contributed by atoms with E-state index in [0.29, 0.717) is 6.04 Å². The predicted octanol–water partition coefficient (Wildman–Crippen LogP) is 4.21. The molecule has 0 bridgehead atoms. The van der Waals surface area contributed by atoms with E-state index in [1.807, 2.05) is 12.4 Å². The molecule has 1 aromatic carbocycles. The number of rotatable bonds is 3. The quantitative estimate of drug-likeness (QED) is 0.827. The van der Waals surface area contributed by atoms with E-state index in [1.54, 1.807) is 0 Å². The molecule has 0 N–H and O–H groups in total. The summed E-state index contributed by atoms with van der Waals surface area (Å²) in [6, 6.07) is 11.6. The lowest BCUT2D eigenvalue weighted by atomic mass is 9.98. The highest BCUT2D eigenvalue weighted by Gasteiger charge is 2.19. The first kappa shape index (κ1) is 13.3. The number of hydrogen-bond acceptors (Lipinski definition) is 2. The Labute approximate surface area is 121 Å². The number of likely N-dealkylation sites (tertiary alicyclic amines) is 1. The summed E-state index contributed by atoms with van der Waals surface area (Å²) in [6.45, 7) is 6.92. The van der Waals surface area contributed by atoms with Crippen molar-refractivity contribution in [1.82, 2.24) is 9.88 Å². The van der Waals surface area contributed by atoms with Gasteiger partial charge in [-0.15, -0.1) is 0 Å². The number of hydrogen-bond donors (Lipinski definition) is 0. The molecule has 1 aliphatic rings. The van der Waals surface area contributed by atoms with Gasteiger partial charge in [0.25, 0.3) is 0 Å². The molecule has 1 aliphatic heterocycles. The van der Waals surface area contributed by atoms with Gasteiger partial charge in [-0.25, -0.2) is 0 Å². The Morgan fingerprint density at radius 3 is 2.70 bits per heavy atom. The Morgan fingerprint density at radius 1 is 1.15 bits per heavy atom. The third-order valence-electron chi connectivity index (χ3n) is 4.39. The molecule has 0 unspecified atom stereocenters. The Balaban J connectivity index is 1.91. The van der Waals surface area contributed by atoms with Crippen molar-refractivity contribution in [3.8, 4) is 11.1 Å². The molecule has 1 atom stereocenters. The molecular weight excluding hydrogens is 244 g/mol. The van der Waals surface area contributed by atoms with Crippen LogP contribution >= 0.6 is 0 Å². The maximum atomic E-state index is 4.18. The summed E-state index contributed by atoms with van der Waals surface area (Å²) in [4.78, 5) is 6.76. The highest BCUT2D eigenvalue weighted by atomic mass is 15.2. The predicted molar refractivity (Wildman–Crippen MR) is 83.6 cm³/mol. The van der Waals surface area contributed by atoms with Crippen molar-refractivity contribution in [1.29, 1.82) is 0 Å². The zero-order chi connectivity index (χ0) is 13.9. The second-order valence-corrected chi connectivity index (χ2v) is 5.74. The first-order valence-corrected chi connectivity index (χ1v) is 7.51. The summed E-state index contributed by atoms with van der Waals surface area (Å²) < 4.78 is 0. The third-order valence-corrected chi connectivity index (χ3v) is 4.39. The summed E-state index contributed by atoms with van der Waals surface area (Å²) >= 11 is 0. The summed E-state index contributed by atoms with van der Waals surface area (Å²) in [5, 5.41) is 0. The van der Waals surface area contributed by atoms with Gasteiger partial charge in [-0.3, -0.25) is 9.88 Å². The van der Waals surface area contributed by atoms with Gasteiger partial charge in [-0.05, 0) is 74.2 Å². The molecule has 2 heterocycles. The average molecular weight is 266 g/mol. The second kappa shape index (κ2) is 5.76. The molecule has 1 aromatic heterocycles. The normalized spacial score (nSPS) is 17.3. The van der Waals surface area contributed by atoms with Crippen LogP contribution in [-0.4, -0.2) is 23.0 Å². The van der Waals surface area contributed by atoms with E-state index >= 15 is 0 Å². The summed E-state index contributed by atoms with van der Waals surface area (Å²) in [5.41, 5.74) is 5.24. The lowest BCUT2D eigenvalue weighted by Gasteiger charge is -2.24. The summed E-state index contributed by atoms with van der Waals surface area (Å²) in [7, 11) is 0. The van der Waals surface area contributed by atoms with Crippen LogP contribution in [0.25, 0.3) is 11.1 Å². The highest BCUT2D eigenvalue weighted by molar-refractivity contribution is 5.67. The molecule has 0 spiro atoms. The molecule has 2 heteroatoms. The maximum absolute atomic E-state index is 4.18. The largest absolute Gasteiger partial charge is 0.297 e. The highest BCUT2D eigenvalue weighted by Crippen LogP contribution is 2.29. The Hall–Kier alpha value is -1.67. The number of aryl methyl sites for hydroxylation is 1. The van der Waals surface area contributed by atoms with E-state index in [-0.39, 0.29) is 0 Å². The van der Waals surface area contributed by atoms with Crippen LogP contribution in [0.1, 0.15) is 36.9 Å². The Bertz CT molecular complexity index is 585. The summed E-state index contributed by atoms with van der Waals surface area (Å²) in [5.74, 6) is 0. The van der Waals surface area contributed by atoms with Gasteiger partial charge >= 0.3 is 0 Å². The fourth-order valence-corrected chi connectivity index (χ4v) is 3.10. The van der Waals surface area contributed by atoms with Crippen LogP contribution in [0.3, 0.4) is 0 Å².